The summed E-state index contributed by atoms with van der Waals surface area (Å²) in [5.41, 5.74) is 2.38. The Balaban J connectivity index is 0.000000134. The molecule has 3 heteroatoms. The first-order valence-electron chi connectivity index (χ1n) is 12.2. The molecule has 36 heavy (non-hydrogen) atoms. The number of aliphatic hydroxyl groups is 1. The predicted octanol–water partition coefficient (Wildman–Crippen LogP) is 10.4. The van der Waals surface area contributed by atoms with Crippen molar-refractivity contribution in [3.63, 3.8) is 0 Å². The lowest BCUT2D eigenvalue weighted by Gasteiger charge is -2.01. The number of aliphatic hydroxyl groups excluding tert-OH is 1. The van der Waals surface area contributed by atoms with E-state index in [2.05, 4.69) is 110 Å². The zero-order chi connectivity index (χ0) is 25.6. The standard InChI is InChI=1S/C9H12.C8H10O.2C8H6S/c1-8(2)9-6-4-3-5-7-9;1-7(9)8-5-3-2-4-6-8;2*1-2-4-8-7(3-1)5-6-9-8/h3-8H,1-2H3;2-7,9H,1H3;2*1-6H. The van der Waals surface area contributed by atoms with Gasteiger partial charge in [0.05, 0.1) is 6.10 Å². The van der Waals surface area contributed by atoms with Crippen molar-refractivity contribution >= 4 is 42.8 Å². The normalized spacial score (nSPS) is 10.9. The molecule has 0 aliphatic rings. The van der Waals surface area contributed by atoms with Crippen molar-refractivity contribution in [2.45, 2.75) is 32.8 Å². The molecule has 184 valence electrons. The molecule has 0 radical (unpaired) electrons. The summed E-state index contributed by atoms with van der Waals surface area (Å²) in [6.07, 6.45) is -0.341. The highest BCUT2D eigenvalue weighted by Gasteiger charge is 1.95. The lowest BCUT2D eigenvalue weighted by Crippen LogP contribution is -1.87. The second kappa shape index (κ2) is 15.0. The van der Waals surface area contributed by atoms with Crippen LogP contribution in [0.15, 0.2) is 132 Å². The molecular formula is C33H34OS2. The summed E-state index contributed by atoms with van der Waals surface area (Å²) in [5, 5.41) is 16.0. The second-order valence-electron chi connectivity index (χ2n) is 8.57. The SMILES string of the molecule is CC(C)c1ccccc1.CC(O)c1ccccc1.c1ccc2sccc2c1.c1ccc2sccc2c1. The quantitative estimate of drug-likeness (QED) is 0.246. The molecule has 0 aliphatic carbocycles. The molecule has 0 spiro atoms. The summed E-state index contributed by atoms with van der Waals surface area (Å²) in [7, 11) is 0. The van der Waals surface area contributed by atoms with Crippen LogP contribution < -0.4 is 0 Å². The predicted molar refractivity (Wildman–Crippen MR) is 161 cm³/mol. The summed E-state index contributed by atoms with van der Waals surface area (Å²) < 4.78 is 2.75. The Labute approximate surface area is 223 Å². The summed E-state index contributed by atoms with van der Waals surface area (Å²) in [4.78, 5) is 0. The van der Waals surface area contributed by atoms with Gasteiger partial charge in [-0.1, -0.05) is 111 Å². The molecule has 1 nitrogen and oxygen atoms in total. The molecule has 0 saturated carbocycles. The second-order valence-corrected chi connectivity index (χ2v) is 10.5. The van der Waals surface area contributed by atoms with Crippen molar-refractivity contribution in [1.82, 2.24) is 0 Å². The van der Waals surface area contributed by atoms with Crippen molar-refractivity contribution in [3.8, 4) is 0 Å². The fourth-order valence-electron chi connectivity index (χ4n) is 3.38. The van der Waals surface area contributed by atoms with E-state index in [0.29, 0.717) is 5.92 Å². The fourth-order valence-corrected chi connectivity index (χ4v) is 4.96. The van der Waals surface area contributed by atoms with E-state index >= 15 is 0 Å². The van der Waals surface area contributed by atoms with Crippen molar-refractivity contribution in [3.05, 3.63) is 143 Å². The highest BCUT2D eigenvalue weighted by molar-refractivity contribution is 7.17. The van der Waals surface area contributed by atoms with Crippen LogP contribution in [0, 0.1) is 0 Å². The smallest absolute Gasteiger partial charge is 0.0761 e. The summed E-state index contributed by atoms with van der Waals surface area (Å²) in [5.74, 6) is 0.659. The molecule has 0 bridgehead atoms. The Morgan fingerprint density at radius 1 is 0.472 bits per heavy atom. The average Bonchev–Trinajstić information content (AvgIpc) is 3.60. The molecule has 1 N–H and O–H groups in total. The lowest BCUT2D eigenvalue weighted by atomic mass is 10.0. The van der Waals surface area contributed by atoms with Crippen LogP contribution in [-0.4, -0.2) is 5.11 Å². The number of benzene rings is 4. The first kappa shape index (κ1) is 27.3. The van der Waals surface area contributed by atoms with Gasteiger partial charge in [-0.05, 0) is 69.8 Å². The Hall–Kier alpha value is -3.24. The van der Waals surface area contributed by atoms with Gasteiger partial charge < -0.3 is 5.11 Å². The van der Waals surface area contributed by atoms with E-state index in [1.807, 2.05) is 36.4 Å². The molecule has 0 saturated heterocycles. The maximum absolute atomic E-state index is 9.02. The lowest BCUT2D eigenvalue weighted by molar-refractivity contribution is 0.199. The van der Waals surface area contributed by atoms with E-state index in [-0.39, 0.29) is 6.10 Å². The molecule has 6 aromatic rings. The van der Waals surface area contributed by atoms with Gasteiger partial charge in [0.25, 0.3) is 0 Å². The highest BCUT2D eigenvalue weighted by Crippen LogP contribution is 2.19. The molecule has 0 fully saturated rings. The van der Waals surface area contributed by atoms with E-state index in [1.165, 1.54) is 25.7 Å². The Morgan fingerprint density at radius 2 is 0.861 bits per heavy atom. The number of rotatable bonds is 2. The molecule has 4 aromatic carbocycles. The van der Waals surface area contributed by atoms with Gasteiger partial charge in [-0.25, -0.2) is 0 Å². The maximum Gasteiger partial charge on any atom is 0.0761 e. The van der Waals surface area contributed by atoms with Gasteiger partial charge in [-0.3, -0.25) is 0 Å². The van der Waals surface area contributed by atoms with Crippen molar-refractivity contribution in [2.24, 2.45) is 0 Å². The number of fused-ring (bicyclic) bond motifs is 2. The molecule has 0 amide bonds. The molecule has 0 aliphatic heterocycles. The van der Waals surface area contributed by atoms with Gasteiger partial charge in [-0.15, -0.1) is 22.7 Å². The third-order valence-electron chi connectivity index (χ3n) is 5.47. The van der Waals surface area contributed by atoms with Gasteiger partial charge in [0.15, 0.2) is 0 Å². The van der Waals surface area contributed by atoms with Crippen LogP contribution >= 0.6 is 22.7 Å². The number of hydrogen-bond acceptors (Lipinski definition) is 3. The Morgan fingerprint density at radius 3 is 1.19 bits per heavy atom. The third-order valence-corrected chi connectivity index (χ3v) is 7.27. The maximum atomic E-state index is 9.02. The summed E-state index contributed by atoms with van der Waals surface area (Å²) in [6, 6.07) is 41.2. The van der Waals surface area contributed by atoms with Crippen LogP contribution in [0.4, 0.5) is 0 Å². The summed E-state index contributed by atoms with van der Waals surface area (Å²) >= 11 is 3.57. The Bertz CT molecular complexity index is 1210. The van der Waals surface area contributed by atoms with Crippen LogP contribution in [0.25, 0.3) is 20.2 Å². The first-order chi connectivity index (χ1) is 17.5. The van der Waals surface area contributed by atoms with E-state index < -0.39 is 0 Å². The van der Waals surface area contributed by atoms with E-state index in [0.717, 1.165) is 5.56 Å². The molecular weight excluding hydrogens is 476 g/mol. The van der Waals surface area contributed by atoms with Gasteiger partial charge >= 0.3 is 0 Å². The van der Waals surface area contributed by atoms with Gasteiger partial charge in [0.2, 0.25) is 0 Å². The zero-order valence-electron chi connectivity index (χ0n) is 21.1. The molecule has 2 aromatic heterocycles. The molecule has 6 rings (SSSR count). The minimum atomic E-state index is -0.341. The molecule has 1 unspecified atom stereocenters. The fraction of sp³-hybridized carbons (Fsp3) is 0.152. The largest absolute Gasteiger partial charge is 0.389 e. The highest BCUT2D eigenvalue weighted by atomic mass is 32.1. The minimum Gasteiger partial charge on any atom is -0.389 e. The number of hydrogen-bond donors (Lipinski definition) is 1. The van der Waals surface area contributed by atoms with Crippen LogP contribution in [0.3, 0.4) is 0 Å². The average molecular weight is 511 g/mol. The van der Waals surface area contributed by atoms with Gasteiger partial charge in [0, 0.05) is 9.40 Å². The van der Waals surface area contributed by atoms with Crippen molar-refractivity contribution in [1.29, 1.82) is 0 Å². The van der Waals surface area contributed by atoms with Crippen LogP contribution in [0.1, 0.15) is 43.9 Å². The van der Waals surface area contributed by atoms with E-state index in [4.69, 9.17) is 5.11 Å². The van der Waals surface area contributed by atoms with Crippen LogP contribution in [0.2, 0.25) is 0 Å². The van der Waals surface area contributed by atoms with Crippen LogP contribution in [0.5, 0.6) is 0 Å². The van der Waals surface area contributed by atoms with Gasteiger partial charge in [0.1, 0.15) is 0 Å². The van der Waals surface area contributed by atoms with E-state index in [1.54, 1.807) is 29.6 Å². The van der Waals surface area contributed by atoms with Crippen molar-refractivity contribution in [2.75, 3.05) is 0 Å². The zero-order valence-corrected chi connectivity index (χ0v) is 22.8. The van der Waals surface area contributed by atoms with Crippen LogP contribution in [-0.2, 0) is 0 Å². The first-order valence-corrected chi connectivity index (χ1v) is 13.9. The topological polar surface area (TPSA) is 20.2 Å². The van der Waals surface area contributed by atoms with E-state index in [9.17, 15) is 0 Å². The molecule has 2 heterocycles. The summed E-state index contributed by atoms with van der Waals surface area (Å²) in [6.45, 7) is 6.17. The minimum absolute atomic E-state index is 0.341. The Kier molecular flexibility index (Phi) is 11.4. The number of thiophene rings is 2. The third kappa shape index (κ3) is 9.09. The van der Waals surface area contributed by atoms with Crippen molar-refractivity contribution < 1.29 is 5.11 Å². The monoisotopic (exact) mass is 510 g/mol. The van der Waals surface area contributed by atoms with Gasteiger partial charge in [-0.2, -0.15) is 0 Å². The molecule has 1 atom stereocenters.